The molecule has 1 atom stereocenters. The topological polar surface area (TPSA) is 51.1 Å². The largest absolute Gasteiger partial charge is 0.497 e. The van der Waals surface area contributed by atoms with Gasteiger partial charge in [0.1, 0.15) is 5.75 Å². The average Bonchev–Trinajstić information content (AvgIpc) is 3.34. The van der Waals surface area contributed by atoms with Gasteiger partial charge in [0, 0.05) is 4.91 Å². The minimum Gasteiger partial charge on any atom is -0.497 e. The number of fused-ring (bicyclic) bond motifs is 3. The molecule has 5 nitrogen and oxygen atoms in total. The van der Waals surface area contributed by atoms with E-state index in [2.05, 4.69) is 65.6 Å². The van der Waals surface area contributed by atoms with Gasteiger partial charge in [-0.2, -0.15) is 0 Å². The predicted molar refractivity (Wildman–Crippen MR) is 156 cm³/mol. The van der Waals surface area contributed by atoms with Gasteiger partial charge in [-0.25, -0.2) is 9.79 Å². The number of rotatable bonds is 5. The average molecular weight is 521 g/mol. The normalized spacial score (nSPS) is 18.2. The second-order valence-electron chi connectivity index (χ2n) is 9.37. The second kappa shape index (κ2) is 10.0. The van der Waals surface area contributed by atoms with Crippen LogP contribution < -0.4 is 4.74 Å². The molecule has 2 aliphatic heterocycles. The summed E-state index contributed by atoms with van der Waals surface area (Å²) in [5, 5.41) is 5.76. The number of esters is 1. The Morgan fingerprint density at radius 1 is 1.03 bits per heavy atom. The first-order chi connectivity index (χ1) is 18.6. The van der Waals surface area contributed by atoms with E-state index in [-0.39, 0.29) is 12.0 Å². The molecule has 0 N–H and O–H groups in total. The van der Waals surface area contributed by atoms with Crippen molar-refractivity contribution in [1.29, 1.82) is 0 Å². The fourth-order valence-corrected chi connectivity index (χ4v) is 6.44. The van der Waals surface area contributed by atoms with E-state index in [9.17, 15) is 4.79 Å². The van der Waals surface area contributed by atoms with Gasteiger partial charge in [-0.3, -0.25) is 0 Å². The van der Waals surface area contributed by atoms with Crippen LogP contribution in [-0.2, 0) is 9.53 Å². The lowest BCUT2D eigenvalue weighted by Crippen LogP contribution is -2.36. The summed E-state index contributed by atoms with van der Waals surface area (Å²) in [6.07, 6.45) is 2.29. The number of hydrogen-bond acceptors (Lipinski definition) is 6. The number of allylic oxidation sites excluding steroid dienone is 1. The lowest BCUT2D eigenvalue weighted by Gasteiger charge is -2.34. The van der Waals surface area contributed by atoms with Gasteiger partial charge in [-0.05, 0) is 70.8 Å². The summed E-state index contributed by atoms with van der Waals surface area (Å²) in [7, 11) is 1.65. The summed E-state index contributed by atoms with van der Waals surface area (Å²) >= 11 is 1.67. The van der Waals surface area contributed by atoms with Crippen molar-refractivity contribution >= 4 is 50.5 Å². The third-order valence-electron chi connectivity index (χ3n) is 7.06. The van der Waals surface area contributed by atoms with E-state index >= 15 is 0 Å². The molecule has 0 aliphatic carbocycles. The minimum absolute atomic E-state index is 0.311. The first-order valence-corrected chi connectivity index (χ1v) is 13.5. The predicted octanol–water partition coefficient (Wildman–Crippen LogP) is 7.34. The van der Waals surface area contributed by atoms with Gasteiger partial charge in [0.05, 0.1) is 37.6 Å². The number of methoxy groups -OCH3 is 1. The molecule has 190 valence electrons. The van der Waals surface area contributed by atoms with Crippen LogP contribution in [-0.4, -0.2) is 36.3 Å². The van der Waals surface area contributed by atoms with Gasteiger partial charge in [0.15, 0.2) is 5.17 Å². The van der Waals surface area contributed by atoms with Crippen molar-refractivity contribution in [3.8, 4) is 5.75 Å². The van der Waals surface area contributed by atoms with Crippen LogP contribution in [0.2, 0.25) is 0 Å². The highest BCUT2D eigenvalue weighted by atomic mass is 32.2. The van der Waals surface area contributed by atoms with Crippen LogP contribution in [0.15, 0.2) is 100 Å². The van der Waals surface area contributed by atoms with E-state index in [0.29, 0.717) is 24.4 Å². The molecule has 1 fully saturated rings. The van der Waals surface area contributed by atoms with Gasteiger partial charge in [0.25, 0.3) is 0 Å². The maximum atomic E-state index is 13.2. The molecule has 6 heteroatoms. The second-order valence-corrected chi connectivity index (χ2v) is 10.5. The van der Waals surface area contributed by atoms with Crippen LogP contribution in [0.1, 0.15) is 31.0 Å². The summed E-state index contributed by atoms with van der Waals surface area (Å²) < 4.78 is 11.0. The molecule has 0 bridgehead atoms. The number of thioether (sulfide) groups is 1. The molecule has 0 saturated carbocycles. The van der Waals surface area contributed by atoms with Gasteiger partial charge >= 0.3 is 5.97 Å². The van der Waals surface area contributed by atoms with E-state index in [1.807, 2.05) is 38.1 Å². The van der Waals surface area contributed by atoms with E-state index in [0.717, 1.165) is 16.5 Å². The first kappa shape index (κ1) is 24.3. The number of hydrogen-bond donors (Lipinski definition) is 0. The van der Waals surface area contributed by atoms with Crippen molar-refractivity contribution < 1.29 is 14.3 Å². The third kappa shape index (κ3) is 4.25. The van der Waals surface area contributed by atoms with E-state index < -0.39 is 0 Å². The van der Waals surface area contributed by atoms with Crippen LogP contribution in [0.3, 0.4) is 0 Å². The maximum Gasteiger partial charge on any atom is 0.338 e. The van der Waals surface area contributed by atoms with Crippen LogP contribution >= 0.6 is 11.8 Å². The van der Waals surface area contributed by atoms with E-state index in [1.165, 1.54) is 32.0 Å². The van der Waals surface area contributed by atoms with Crippen LogP contribution in [0, 0.1) is 0 Å². The molecule has 0 aromatic heterocycles. The molecule has 1 saturated heterocycles. The molecule has 0 spiro atoms. The smallest absolute Gasteiger partial charge is 0.338 e. The van der Waals surface area contributed by atoms with E-state index in [1.54, 1.807) is 18.9 Å². The number of ether oxygens (including phenoxy) is 2. The highest BCUT2D eigenvalue weighted by molar-refractivity contribution is 8.17. The summed E-state index contributed by atoms with van der Waals surface area (Å²) in [5.41, 5.74) is 3.43. The molecule has 0 amide bonds. The number of carbonyl (C=O) groups is 1. The van der Waals surface area contributed by atoms with Crippen molar-refractivity contribution in [2.24, 2.45) is 4.99 Å². The van der Waals surface area contributed by atoms with Crippen molar-refractivity contribution in [3.05, 3.63) is 106 Å². The zero-order valence-corrected chi connectivity index (χ0v) is 22.4. The van der Waals surface area contributed by atoms with Crippen molar-refractivity contribution in [2.75, 3.05) is 20.3 Å². The Hall–Kier alpha value is -4.03. The van der Waals surface area contributed by atoms with Gasteiger partial charge in [-0.15, -0.1) is 0 Å². The molecular formula is C32H28N2O3S. The minimum atomic E-state index is -0.330. The van der Waals surface area contributed by atoms with Crippen molar-refractivity contribution in [2.45, 2.75) is 19.9 Å². The number of aliphatic imine (C=N–C) groups is 1. The molecule has 2 heterocycles. The Balaban J connectivity index is 1.47. The molecule has 6 rings (SSSR count). The monoisotopic (exact) mass is 520 g/mol. The zero-order valence-electron chi connectivity index (χ0n) is 21.6. The fraction of sp³-hybridized carbons (Fsp3) is 0.188. The summed E-state index contributed by atoms with van der Waals surface area (Å²) in [4.78, 5) is 21.4. The Bertz CT molecular complexity index is 1620. The number of carbonyl (C=O) groups excluding carboxylic acids is 1. The van der Waals surface area contributed by atoms with Crippen LogP contribution in [0.5, 0.6) is 5.75 Å². The van der Waals surface area contributed by atoms with Gasteiger partial charge < -0.3 is 14.4 Å². The molecule has 4 aromatic carbocycles. The molecule has 38 heavy (non-hydrogen) atoms. The Morgan fingerprint density at radius 3 is 2.42 bits per heavy atom. The Morgan fingerprint density at radius 2 is 1.74 bits per heavy atom. The quantitative estimate of drug-likeness (QED) is 0.204. The fourth-order valence-electron chi connectivity index (χ4n) is 5.36. The SMILES string of the molecule is CCOC(=O)C1=C(C)N=C2S/C(=C\c3c4ccccc4cc4ccccc34)CN2C1c1cccc(OC)c1. The lowest BCUT2D eigenvalue weighted by atomic mass is 9.94. The van der Waals surface area contributed by atoms with Gasteiger partial charge in [-0.1, -0.05) is 72.4 Å². The van der Waals surface area contributed by atoms with Crippen LogP contribution in [0.4, 0.5) is 0 Å². The lowest BCUT2D eigenvalue weighted by molar-refractivity contribution is -0.139. The van der Waals surface area contributed by atoms with Crippen molar-refractivity contribution in [1.82, 2.24) is 4.90 Å². The molecule has 1 unspecified atom stereocenters. The number of amidine groups is 1. The number of benzene rings is 4. The highest BCUT2D eigenvalue weighted by Crippen LogP contribution is 2.45. The van der Waals surface area contributed by atoms with E-state index in [4.69, 9.17) is 14.5 Å². The third-order valence-corrected chi connectivity index (χ3v) is 8.07. The molecule has 0 radical (unpaired) electrons. The highest BCUT2D eigenvalue weighted by Gasteiger charge is 2.40. The zero-order chi connectivity index (χ0) is 26.2. The summed E-state index contributed by atoms with van der Waals surface area (Å²) in [5.74, 6) is 0.417. The molecule has 2 aliphatic rings. The maximum absolute atomic E-state index is 13.2. The van der Waals surface area contributed by atoms with Crippen LogP contribution in [0.25, 0.3) is 27.6 Å². The molecular weight excluding hydrogens is 492 g/mol. The van der Waals surface area contributed by atoms with Gasteiger partial charge in [0.2, 0.25) is 0 Å². The Kier molecular flexibility index (Phi) is 6.42. The molecule has 4 aromatic rings. The standard InChI is InChI=1S/C32H28N2O3S/c1-4-37-31(35)29-20(2)33-32-34(30(29)23-12-9-13-24(17-23)36-3)19-25(38-32)18-28-26-14-7-5-10-21(26)16-22-11-6-8-15-27(22)28/h5-18,30H,4,19H2,1-3H3/b25-18-. The summed E-state index contributed by atoms with van der Waals surface area (Å²) in [6, 6.07) is 26.9. The first-order valence-electron chi connectivity index (χ1n) is 12.7. The Labute approximate surface area is 226 Å². The number of nitrogens with zero attached hydrogens (tertiary/aromatic N) is 2. The van der Waals surface area contributed by atoms with Crippen molar-refractivity contribution in [3.63, 3.8) is 0 Å². The summed E-state index contributed by atoms with van der Waals surface area (Å²) in [6.45, 7) is 4.67.